The Kier molecular flexibility index (Phi) is 3.14. The fraction of sp³-hybridized carbons (Fsp3) is 0.222. The van der Waals surface area contributed by atoms with Crippen LogP contribution >= 0.6 is 0 Å². The molecule has 0 unspecified atom stereocenters. The van der Waals surface area contributed by atoms with Crippen molar-refractivity contribution in [1.82, 2.24) is 0 Å². The van der Waals surface area contributed by atoms with Gasteiger partial charge in [-0.05, 0) is 12.1 Å². The third-order valence-electron chi connectivity index (χ3n) is 1.72. The minimum Gasteiger partial charge on any atom is -0.494 e. The third kappa shape index (κ3) is 1.88. The maximum Gasteiger partial charge on any atom is 0.200 e. The Hall–Kier alpha value is -1.49. The molecule has 3 nitrogen and oxygen atoms in total. The largest absolute Gasteiger partial charge is 0.494 e. The number of nitrogens with two attached hydrogens (primary N) is 1. The molecule has 2 N–H and O–H groups in total. The van der Waals surface area contributed by atoms with Crippen molar-refractivity contribution in [3.63, 3.8) is 0 Å². The van der Waals surface area contributed by atoms with E-state index in [1.807, 2.05) is 0 Å². The number of hydrogen-bond acceptors (Lipinski definition) is 3. The zero-order chi connectivity index (χ0) is 10.7. The van der Waals surface area contributed by atoms with Crippen LogP contribution in [-0.2, 0) is 0 Å². The number of ketones is 1. The first-order valence-corrected chi connectivity index (χ1v) is 3.86. The lowest BCUT2D eigenvalue weighted by Crippen LogP contribution is -2.14. The molecule has 1 aromatic carbocycles. The number of halogens is 2. The smallest absolute Gasteiger partial charge is 0.200 e. The van der Waals surface area contributed by atoms with Crippen molar-refractivity contribution in [2.75, 3.05) is 13.7 Å². The van der Waals surface area contributed by atoms with E-state index in [9.17, 15) is 13.6 Å². The lowest BCUT2D eigenvalue weighted by Gasteiger charge is -2.05. The highest BCUT2D eigenvalue weighted by Gasteiger charge is 2.14. The third-order valence-corrected chi connectivity index (χ3v) is 1.72. The summed E-state index contributed by atoms with van der Waals surface area (Å²) >= 11 is 0. The van der Waals surface area contributed by atoms with Gasteiger partial charge in [0.05, 0.1) is 13.7 Å². The molecule has 0 heterocycles. The van der Waals surface area contributed by atoms with E-state index in [4.69, 9.17) is 5.73 Å². The average molecular weight is 201 g/mol. The molecular formula is C9H9F2NO2. The SMILES string of the molecule is COc1cc(C(=O)CN)cc(F)c1F. The van der Waals surface area contributed by atoms with Crippen LogP contribution in [0.3, 0.4) is 0 Å². The molecule has 0 aliphatic heterocycles. The fourth-order valence-electron chi connectivity index (χ4n) is 0.991. The van der Waals surface area contributed by atoms with Crippen molar-refractivity contribution in [1.29, 1.82) is 0 Å². The van der Waals surface area contributed by atoms with E-state index in [1.54, 1.807) is 0 Å². The summed E-state index contributed by atoms with van der Waals surface area (Å²) in [5.41, 5.74) is 5.08. The Labute approximate surface area is 79.5 Å². The quantitative estimate of drug-likeness (QED) is 0.745. The predicted octanol–water partition coefficient (Wildman–Crippen LogP) is 1.11. The predicted molar refractivity (Wildman–Crippen MR) is 46.3 cm³/mol. The summed E-state index contributed by atoms with van der Waals surface area (Å²) in [7, 11) is 1.19. The van der Waals surface area contributed by atoms with Crippen LogP contribution in [0.25, 0.3) is 0 Å². The van der Waals surface area contributed by atoms with Crippen LogP contribution in [-0.4, -0.2) is 19.4 Å². The van der Waals surface area contributed by atoms with Gasteiger partial charge < -0.3 is 10.5 Å². The van der Waals surface area contributed by atoms with Gasteiger partial charge in [0.15, 0.2) is 17.3 Å². The molecule has 0 aliphatic rings. The zero-order valence-electron chi connectivity index (χ0n) is 7.51. The topological polar surface area (TPSA) is 52.3 Å². The number of carbonyl (C=O) groups excluding carboxylic acids is 1. The Balaban J connectivity index is 3.22. The standard InChI is InChI=1S/C9H9F2NO2/c1-14-8-3-5(7(13)4-12)2-6(10)9(8)11/h2-3H,4,12H2,1H3. The van der Waals surface area contributed by atoms with Gasteiger partial charge in [-0.3, -0.25) is 4.79 Å². The molecule has 0 atom stereocenters. The van der Waals surface area contributed by atoms with E-state index in [1.165, 1.54) is 7.11 Å². The van der Waals surface area contributed by atoms with Gasteiger partial charge in [0, 0.05) is 5.56 Å². The number of carbonyl (C=O) groups is 1. The summed E-state index contributed by atoms with van der Waals surface area (Å²) in [5.74, 6) is -3.01. The van der Waals surface area contributed by atoms with Crippen LogP contribution in [0.1, 0.15) is 10.4 Å². The second kappa shape index (κ2) is 4.15. The molecule has 0 saturated heterocycles. The number of rotatable bonds is 3. The maximum absolute atomic E-state index is 12.9. The summed E-state index contributed by atoms with van der Waals surface area (Å²) in [6, 6.07) is 1.92. The van der Waals surface area contributed by atoms with Crippen LogP contribution < -0.4 is 10.5 Å². The molecule has 0 spiro atoms. The monoisotopic (exact) mass is 201 g/mol. The van der Waals surface area contributed by atoms with Gasteiger partial charge in [0.25, 0.3) is 0 Å². The first-order chi connectivity index (χ1) is 6.60. The number of ether oxygens (including phenoxy) is 1. The van der Waals surface area contributed by atoms with E-state index in [0.29, 0.717) is 0 Å². The summed E-state index contributed by atoms with van der Waals surface area (Å²) in [6.07, 6.45) is 0. The number of benzene rings is 1. The Bertz CT molecular complexity index is 366. The molecule has 76 valence electrons. The number of Topliss-reactive ketones (excluding diaryl/α,β-unsaturated/α-hetero) is 1. The number of methoxy groups -OCH3 is 1. The molecule has 14 heavy (non-hydrogen) atoms. The highest BCUT2D eigenvalue weighted by Crippen LogP contribution is 2.21. The fourth-order valence-corrected chi connectivity index (χ4v) is 0.991. The molecular weight excluding hydrogens is 192 g/mol. The summed E-state index contributed by atoms with van der Waals surface area (Å²) in [4.78, 5) is 11.1. The molecule has 0 radical (unpaired) electrons. The van der Waals surface area contributed by atoms with E-state index < -0.39 is 17.4 Å². The second-order valence-corrected chi connectivity index (χ2v) is 2.60. The maximum atomic E-state index is 12.9. The molecule has 1 aromatic rings. The Morgan fingerprint density at radius 2 is 2.14 bits per heavy atom. The van der Waals surface area contributed by atoms with Gasteiger partial charge in [-0.25, -0.2) is 4.39 Å². The van der Waals surface area contributed by atoms with E-state index in [-0.39, 0.29) is 17.9 Å². The highest BCUT2D eigenvalue weighted by atomic mass is 19.2. The van der Waals surface area contributed by atoms with E-state index in [2.05, 4.69) is 4.74 Å². The Morgan fingerprint density at radius 3 is 2.64 bits per heavy atom. The van der Waals surface area contributed by atoms with Gasteiger partial charge in [-0.2, -0.15) is 4.39 Å². The molecule has 0 fully saturated rings. The van der Waals surface area contributed by atoms with Gasteiger partial charge in [0.1, 0.15) is 0 Å². The van der Waals surface area contributed by atoms with Crippen molar-refractivity contribution in [2.24, 2.45) is 5.73 Å². The Morgan fingerprint density at radius 1 is 1.50 bits per heavy atom. The highest BCUT2D eigenvalue weighted by molar-refractivity contribution is 5.97. The molecule has 0 bridgehead atoms. The molecule has 0 saturated carbocycles. The molecule has 0 amide bonds. The van der Waals surface area contributed by atoms with Crippen LogP contribution in [0.15, 0.2) is 12.1 Å². The van der Waals surface area contributed by atoms with Crippen molar-refractivity contribution in [2.45, 2.75) is 0 Å². The van der Waals surface area contributed by atoms with Crippen LogP contribution in [0.2, 0.25) is 0 Å². The number of hydrogen-bond donors (Lipinski definition) is 1. The van der Waals surface area contributed by atoms with Gasteiger partial charge in [-0.1, -0.05) is 0 Å². The molecule has 0 aromatic heterocycles. The van der Waals surface area contributed by atoms with Gasteiger partial charge in [0.2, 0.25) is 5.82 Å². The van der Waals surface area contributed by atoms with Gasteiger partial charge in [-0.15, -0.1) is 0 Å². The summed E-state index contributed by atoms with van der Waals surface area (Å²) in [5, 5.41) is 0. The molecule has 0 aliphatic carbocycles. The van der Waals surface area contributed by atoms with Crippen LogP contribution in [0.4, 0.5) is 8.78 Å². The van der Waals surface area contributed by atoms with Crippen molar-refractivity contribution in [3.8, 4) is 5.75 Å². The normalized spacial score (nSPS) is 10.0. The van der Waals surface area contributed by atoms with Crippen LogP contribution in [0.5, 0.6) is 5.75 Å². The first kappa shape index (κ1) is 10.6. The van der Waals surface area contributed by atoms with E-state index in [0.717, 1.165) is 12.1 Å². The second-order valence-electron chi connectivity index (χ2n) is 2.60. The summed E-state index contributed by atoms with van der Waals surface area (Å²) in [6.45, 7) is -0.256. The first-order valence-electron chi connectivity index (χ1n) is 3.86. The van der Waals surface area contributed by atoms with Crippen molar-refractivity contribution < 1.29 is 18.3 Å². The van der Waals surface area contributed by atoms with Gasteiger partial charge >= 0.3 is 0 Å². The van der Waals surface area contributed by atoms with Crippen LogP contribution in [0, 0.1) is 11.6 Å². The lowest BCUT2D eigenvalue weighted by atomic mass is 10.1. The summed E-state index contributed by atoms with van der Waals surface area (Å²) < 4.78 is 30.3. The molecule has 1 rings (SSSR count). The minimum absolute atomic E-state index is 0.00301. The average Bonchev–Trinajstić information content (AvgIpc) is 2.20. The molecule has 5 heteroatoms. The van der Waals surface area contributed by atoms with Crippen molar-refractivity contribution in [3.05, 3.63) is 29.3 Å². The van der Waals surface area contributed by atoms with E-state index >= 15 is 0 Å². The zero-order valence-corrected chi connectivity index (χ0v) is 7.51. The van der Waals surface area contributed by atoms with Crippen molar-refractivity contribution >= 4 is 5.78 Å². The minimum atomic E-state index is -1.12. The lowest BCUT2D eigenvalue weighted by molar-refractivity contribution is 0.100.